The van der Waals surface area contributed by atoms with E-state index in [1.165, 1.54) is 0 Å². The summed E-state index contributed by atoms with van der Waals surface area (Å²) in [6.45, 7) is 3.70. The maximum Gasteiger partial charge on any atom is 0.0495 e. The number of nitrogens with zero attached hydrogens (tertiary/aromatic N) is 3. The van der Waals surface area contributed by atoms with Crippen LogP contribution in [0.25, 0.3) is 0 Å². The predicted molar refractivity (Wildman–Crippen MR) is 47.0 cm³/mol. The molecule has 1 rings (SSSR count). The van der Waals surface area contributed by atoms with Gasteiger partial charge in [-0.2, -0.15) is 0 Å². The molecule has 4 heteroatoms. The largest absolute Gasteiger partial charge is 0.846 e. The van der Waals surface area contributed by atoms with Crippen molar-refractivity contribution < 1.29 is 5.11 Å². The Hall–Kier alpha value is -0.770. The summed E-state index contributed by atoms with van der Waals surface area (Å²) < 4.78 is 0. The maximum atomic E-state index is 11.2. The van der Waals surface area contributed by atoms with Gasteiger partial charge in [-0.25, -0.2) is 0 Å². The Bertz CT molecular complexity index is 170. The van der Waals surface area contributed by atoms with E-state index in [0.717, 1.165) is 32.6 Å². The molecule has 0 aliphatic carbocycles. The van der Waals surface area contributed by atoms with E-state index in [2.05, 4.69) is 16.9 Å². The minimum absolute atomic E-state index is 0.0784. The molecule has 70 valence electrons. The first-order valence-electron chi connectivity index (χ1n) is 4.31. The van der Waals surface area contributed by atoms with Crippen LogP contribution in [0.3, 0.4) is 0 Å². The second-order valence-electron chi connectivity index (χ2n) is 3.15. The molecule has 0 aromatic heterocycles. The van der Waals surface area contributed by atoms with Crippen LogP contribution in [0.5, 0.6) is 0 Å². The van der Waals surface area contributed by atoms with Gasteiger partial charge in [0, 0.05) is 32.7 Å². The zero-order chi connectivity index (χ0) is 8.97. The fourth-order valence-corrected chi connectivity index (χ4v) is 1.38. The van der Waals surface area contributed by atoms with Crippen LogP contribution in [0, 0.1) is 0 Å². The Morgan fingerprint density at radius 1 is 1.25 bits per heavy atom. The molecule has 0 aromatic rings. The Balaban J connectivity index is 2.46. The number of rotatable bonds is 0. The molecular formula is C8H16N3O-. The SMILES string of the molecule is CN=C([O-])N1CCCN(C)CC1. The quantitative estimate of drug-likeness (QED) is 0.345. The van der Waals surface area contributed by atoms with Gasteiger partial charge in [0.05, 0.1) is 0 Å². The van der Waals surface area contributed by atoms with Crippen molar-refractivity contribution in [2.24, 2.45) is 4.99 Å². The summed E-state index contributed by atoms with van der Waals surface area (Å²) in [6.07, 6.45) is 1.05. The monoisotopic (exact) mass is 170 g/mol. The molecule has 0 unspecified atom stereocenters. The Morgan fingerprint density at radius 2 is 2.00 bits per heavy atom. The van der Waals surface area contributed by atoms with Crippen LogP contribution in [-0.2, 0) is 0 Å². The Labute approximate surface area is 73.5 Å². The predicted octanol–water partition coefficient (Wildman–Crippen LogP) is -1.03. The molecule has 0 bridgehead atoms. The van der Waals surface area contributed by atoms with E-state index in [9.17, 15) is 5.11 Å². The summed E-state index contributed by atoms with van der Waals surface area (Å²) in [6, 6.07) is -0.0784. The van der Waals surface area contributed by atoms with Crippen LogP contribution >= 0.6 is 0 Å². The van der Waals surface area contributed by atoms with Gasteiger partial charge in [0.15, 0.2) is 0 Å². The van der Waals surface area contributed by atoms with E-state index in [0.29, 0.717) is 0 Å². The van der Waals surface area contributed by atoms with Crippen molar-refractivity contribution in [3.05, 3.63) is 0 Å². The molecule has 1 fully saturated rings. The van der Waals surface area contributed by atoms with Gasteiger partial charge in [0.25, 0.3) is 0 Å². The van der Waals surface area contributed by atoms with E-state index < -0.39 is 0 Å². The fraction of sp³-hybridized carbons (Fsp3) is 0.875. The van der Waals surface area contributed by atoms with Crippen LogP contribution in [0.4, 0.5) is 0 Å². The highest BCUT2D eigenvalue weighted by Gasteiger charge is 2.09. The highest BCUT2D eigenvalue weighted by atomic mass is 16.3. The van der Waals surface area contributed by atoms with E-state index in [-0.39, 0.29) is 6.02 Å². The van der Waals surface area contributed by atoms with E-state index in [1.807, 2.05) is 4.90 Å². The molecule has 0 N–H and O–H groups in total. The Morgan fingerprint density at radius 3 is 2.67 bits per heavy atom. The third-order valence-corrected chi connectivity index (χ3v) is 2.18. The zero-order valence-corrected chi connectivity index (χ0v) is 7.79. The van der Waals surface area contributed by atoms with E-state index in [4.69, 9.17) is 0 Å². The average Bonchev–Trinajstić information content (AvgIpc) is 2.29. The standard InChI is InChI=1S/C8H17N3O/c1-9-8(12)11-5-3-4-10(2)6-7-11/h3-7H2,1-2H3,(H,9,12)/p-1. The van der Waals surface area contributed by atoms with Gasteiger partial charge in [0.1, 0.15) is 0 Å². The first kappa shape index (κ1) is 9.32. The van der Waals surface area contributed by atoms with Crippen LogP contribution in [-0.4, -0.2) is 56.1 Å². The molecular weight excluding hydrogens is 154 g/mol. The van der Waals surface area contributed by atoms with Crippen molar-refractivity contribution in [3.63, 3.8) is 0 Å². The van der Waals surface area contributed by atoms with Crippen molar-refractivity contribution in [2.45, 2.75) is 6.42 Å². The molecule has 0 atom stereocenters. The lowest BCUT2D eigenvalue weighted by Crippen LogP contribution is -2.41. The average molecular weight is 170 g/mol. The minimum Gasteiger partial charge on any atom is -0.846 e. The van der Waals surface area contributed by atoms with Crippen LogP contribution in [0.15, 0.2) is 4.99 Å². The molecule has 0 spiro atoms. The molecule has 0 amide bonds. The van der Waals surface area contributed by atoms with Crippen molar-refractivity contribution in [3.8, 4) is 0 Å². The summed E-state index contributed by atoms with van der Waals surface area (Å²) >= 11 is 0. The highest BCUT2D eigenvalue weighted by molar-refractivity contribution is 5.68. The van der Waals surface area contributed by atoms with Gasteiger partial charge in [-0.3, -0.25) is 4.99 Å². The summed E-state index contributed by atoms with van der Waals surface area (Å²) in [5, 5.41) is 11.2. The summed E-state index contributed by atoms with van der Waals surface area (Å²) in [7, 11) is 3.63. The topological polar surface area (TPSA) is 41.9 Å². The number of hydrogen-bond acceptors (Lipinski definition) is 3. The maximum absolute atomic E-state index is 11.2. The molecule has 1 aliphatic rings. The van der Waals surface area contributed by atoms with Gasteiger partial charge >= 0.3 is 0 Å². The number of hydrogen-bond donors (Lipinski definition) is 0. The summed E-state index contributed by atoms with van der Waals surface area (Å²) in [4.78, 5) is 7.70. The first-order valence-corrected chi connectivity index (χ1v) is 4.31. The van der Waals surface area contributed by atoms with Crippen molar-refractivity contribution >= 4 is 6.02 Å². The molecule has 1 saturated heterocycles. The number of amidine groups is 1. The number of aliphatic imine (C=N–C) groups is 1. The van der Waals surface area contributed by atoms with Gasteiger partial charge in [-0.1, -0.05) is 0 Å². The van der Waals surface area contributed by atoms with E-state index in [1.54, 1.807) is 7.05 Å². The van der Waals surface area contributed by atoms with E-state index >= 15 is 0 Å². The van der Waals surface area contributed by atoms with Crippen molar-refractivity contribution in [1.82, 2.24) is 9.80 Å². The molecule has 0 aromatic carbocycles. The fourth-order valence-electron chi connectivity index (χ4n) is 1.38. The summed E-state index contributed by atoms with van der Waals surface area (Å²) in [5.41, 5.74) is 0. The molecule has 4 nitrogen and oxygen atoms in total. The summed E-state index contributed by atoms with van der Waals surface area (Å²) in [5.74, 6) is 0. The minimum atomic E-state index is -0.0784. The number of likely N-dealkylation sites (N-methyl/N-ethyl adjacent to an activating group) is 1. The zero-order valence-electron chi connectivity index (χ0n) is 7.79. The molecule has 0 saturated carbocycles. The van der Waals surface area contributed by atoms with Crippen molar-refractivity contribution in [1.29, 1.82) is 0 Å². The van der Waals surface area contributed by atoms with Crippen LogP contribution in [0.1, 0.15) is 6.42 Å². The van der Waals surface area contributed by atoms with Crippen molar-refractivity contribution in [2.75, 3.05) is 40.3 Å². The third kappa shape index (κ3) is 2.37. The first-order chi connectivity index (χ1) is 5.74. The normalized spacial score (nSPS) is 22.5. The second-order valence-corrected chi connectivity index (χ2v) is 3.15. The van der Waals surface area contributed by atoms with Crippen LogP contribution in [0.2, 0.25) is 0 Å². The molecule has 1 heterocycles. The lowest BCUT2D eigenvalue weighted by molar-refractivity contribution is -0.234. The Kier molecular flexibility index (Phi) is 3.34. The smallest absolute Gasteiger partial charge is 0.0495 e. The van der Waals surface area contributed by atoms with Crippen LogP contribution < -0.4 is 5.11 Å². The van der Waals surface area contributed by atoms with Gasteiger partial charge in [-0.15, -0.1) is 0 Å². The molecule has 1 aliphatic heterocycles. The lowest BCUT2D eigenvalue weighted by atomic mass is 10.4. The van der Waals surface area contributed by atoms with Gasteiger partial charge < -0.3 is 14.9 Å². The molecule has 12 heavy (non-hydrogen) atoms. The highest BCUT2D eigenvalue weighted by Crippen LogP contribution is 1.99. The second kappa shape index (κ2) is 4.30. The van der Waals surface area contributed by atoms with Gasteiger partial charge in [0.2, 0.25) is 0 Å². The third-order valence-electron chi connectivity index (χ3n) is 2.18. The lowest BCUT2D eigenvalue weighted by Gasteiger charge is -2.27. The van der Waals surface area contributed by atoms with Gasteiger partial charge in [-0.05, 0) is 20.0 Å². The molecule has 0 radical (unpaired) electrons.